The fourth-order valence-corrected chi connectivity index (χ4v) is 1.78. The van der Waals surface area contributed by atoms with E-state index in [0.29, 0.717) is 5.41 Å². The zero-order valence-electron chi connectivity index (χ0n) is 7.07. The van der Waals surface area contributed by atoms with Crippen LogP contribution in [0, 0.1) is 5.41 Å². The van der Waals surface area contributed by atoms with Gasteiger partial charge in [0.1, 0.15) is 0 Å². The predicted octanol–water partition coefficient (Wildman–Crippen LogP) is 2.73. The van der Waals surface area contributed by atoms with Gasteiger partial charge in [0, 0.05) is 0 Å². The van der Waals surface area contributed by atoms with Gasteiger partial charge in [-0.1, -0.05) is 19.8 Å². The average Bonchev–Trinajstić information content (AvgIpc) is 2.33. The van der Waals surface area contributed by atoms with Crippen molar-refractivity contribution in [1.29, 1.82) is 0 Å². The van der Waals surface area contributed by atoms with E-state index in [1.807, 2.05) is 0 Å². The molecule has 0 atom stereocenters. The second kappa shape index (κ2) is 3.24. The van der Waals surface area contributed by atoms with Gasteiger partial charge in [-0.3, -0.25) is 0 Å². The van der Waals surface area contributed by atoms with Gasteiger partial charge < -0.3 is 5.73 Å². The molecule has 1 aliphatic rings. The van der Waals surface area contributed by atoms with Crippen LogP contribution in [-0.2, 0) is 0 Å². The zero-order chi connectivity index (χ0) is 8.32. The fraction of sp³-hybridized carbons (Fsp3) is 0.778. The number of hydrogen-bond donors (Lipinski definition) is 1. The first-order chi connectivity index (χ1) is 5.12. The van der Waals surface area contributed by atoms with Gasteiger partial charge in [-0.15, -0.1) is 0 Å². The number of allylic oxidation sites excluding steroid dienone is 1. The summed E-state index contributed by atoms with van der Waals surface area (Å²) >= 11 is 0. The number of halogens is 1. The highest BCUT2D eigenvalue weighted by molar-refractivity contribution is 4.93. The van der Waals surface area contributed by atoms with Crippen LogP contribution in [0.15, 0.2) is 12.0 Å². The molecule has 1 saturated carbocycles. The van der Waals surface area contributed by atoms with Crippen LogP contribution in [0.1, 0.15) is 39.0 Å². The molecule has 1 aliphatic carbocycles. The van der Waals surface area contributed by atoms with Crippen LogP contribution in [0.3, 0.4) is 0 Å². The van der Waals surface area contributed by atoms with E-state index in [2.05, 4.69) is 6.92 Å². The molecule has 0 amide bonds. The third-order valence-corrected chi connectivity index (χ3v) is 2.60. The van der Waals surface area contributed by atoms with E-state index < -0.39 is 5.95 Å². The Balaban J connectivity index is 2.40. The Labute approximate surface area is 67.5 Å². The van der Waals surface area contributed by atoms with Gasteiger partial charge in [-0.25, -0.2) is 0 Å². The smallest absolute Gasteiger partial charge is 0.180 e. The van der Waals surface area contributed by atoms with Gasteiger partial charge in [0.25, 0.3) is 0 Å². The van der Waals surface area contributed by atoms with Crippen LogP contribution in [0.2, 0.25) is 0 Å². The maximum atomic E-state index is 12.2. The zero-order valence-corrected chi connectivity index (χ0v) is 7.07. The van der Waals surface area contributed by atoms with Crippen LogP contribution >= 0.6 is 0 Å². The molecule has 0 heterocycles. The predicted molar refractivity (Wildman–Crippen MR) is 44.6 cm³/mol. The molecule has 0 spiro atoms. The van der Waals surface area contributed by atoms with E-state index in [9.17, 15) is 4.39 Å². The van der Waals surface area contributed by atoms with Crippen molar-refractivity contribution >= 4 is 0 Å². The molecule has 2 N–H and O–H groups in total. The second-order valence-electron chi connectivity index (χ2n) is 3.81. The fourth-order valence-electron chi connectivity index (χ4n) is 1.78. The number of rotatable bonds is 2. The highest BCUT2D eigenvalue weighted by Gasteiger charge is 2.27. The number of hydrogen-bond acceptors (Lipinski definition) is 1. The van der Waals surface area contributed by atoms with Gasteiger partial charge >= 0.3 is 0 Å². The quantitative estimate of drug-likeness (QED) is 0.613. The van der Waals surface area contributed by atoms with Crippen molar-refractivity contribution in [2.24, 2.45) is 11.1 Å². The van der Waals surface area contributed by atoms with E-state index in [4.69, 9.17) is 5.73 Å². The lowest BCUT2D eigenvalue weighted by Gasteiger charge is -2.20. The second-order valence-corrected chi connectivity index (χ2v) is 3.81. The Bertz CT molecular complexity index is 153. The topological polar surface area (TPSA) is 26.0 Å². The van der Waals surface area contributed by atoms with E-state index >= 15 is 0 Å². The van der Waals surface area contributed by atoms with E-state index in [-0.39, 0.29) is 0 Å². The first kappa shape index (κ1) is 8.57. The molecule has 0 aromatic rings. The molecule has 0 aromatic heterocycles. The maximum Gasteiger partial charge on any atom is 0.180 e. The lowest BCUT2D eigenvalue weighted by Crippen LogP contribution is -2.09. The molecule has 0 aliphatic heterocycles. The normalized spacial score (nSPS) is 24.0. The minimum atomic E-state index is -0.530. The largest absolute Gasteiger partial charge is 0.376 e. The van der Waals surface area contributed by atoms with Crippen LogP contribution in [0.5, 0.6) is 0 Å². The molecule has 0 saturated heterocycles. The summed E-state index contributed by atoms with van der Waals surface area (Å²) in [5.41, 5.74) is 5.25. The SMILES string of the molecule is CC1(C/C=C(\N)F)CCCC1. The minimum Gasteiger partial charge on any atom is -0.376 e. The summed E-state index contributed by atoms with van der Waals surface area (Å²) < 4.78 is 12.2. The van der Waals surface area contributed by atoms with Crippen molar-refractivity contribution < 1.29 is 4.39 Å². The molecular weight excluding hydrogens is 141 g/mol. The lowest BCUT2D eigenvalue weighted by molar-refractivity contribution is 0.339. The Morgan fingerprint density at radius 1 is 1.55 bits per heavy atom. The monoisotopic (exact) mass is 157 g/mol. The van der Waals surface area contributed by atoms with E-state index in [1.54, 1.807) is 0 Å². The molecule has 1 nitrogen and oxygen atoms in total. The molecule has 0 unspecified atom stereocenters. The molecule has 1 fully saturated rings. The Hall–Kier alpha value is -0.530. The van der Waals surface area contributed by atoms with E-state index in [1.165, 1.54) is 31.8 Å². The average molecular weight is 157 g/mol. The minimum absolute atomic E-state index is 0.330. The van der Waals surface area contributed by atoms with Crippen LogP contribution < -0.4 is 5.73 Å². The van der Waals surface area contributed by atoms with Crippen LogP contribution in [0.25, 0.3) is 0 Å². The van der Waals surface area contributed by atoms with E-state index in [0.717, 1.165) is 6.42 Å². The number of nitrogens with two attached hydrogens (primary N) is 1. The lowest BCUT2D eigenvalue weighted by atomic mass is 9.85. The summed E-state index contributed by atoms with van der Waals surface area (Å²) in [5.74, 6) is -0.530. The summed E-state index contributed by atoms with van der Waals surface area (Å²) in [6.07, 6.45) is 7.32. The van der Waals surface area contributed by atoms with Crippen molar-refractivity contribution in [1.82, 2.24) is 0 Å². The first-order valence-electron chi connectivity index (χ1n) is 4.24. The third-order valence-electron chi connectivity index (χ3n) is 2.60. The Morgan fingerprint density at radius 2 is 2.09 bits per heavy atom. The molecular formula is C9H16FN. The summed E-state index contributed by atoms with van der Waals surface area (Å²) in [6, 6.07) is 0. The standard InChI is InChI=1S/C9H16FN/c1-9(5-2-3-6-9)7-4-8(10)11/h4H,2-3,5-7,11H2,1H3/b8-4-. The van der Waals surface area contributed by atoms with Crippen molar-refractivity contribution in [3.63, 3.8) is 0 Å². The van der Waals surface area contributed by atoms with Gasteiger partial charge in [0.2, 0.25) is 0 Å². The van der Waals surface area contributed by atoms with Gasteiger partial charge in [0.15, 0.2) is 5.95 Å². The highest BCUT2D eigenvalue weighted by atomic mass is 19.1. The molecule has 11 heavy (non-hydrogen) atoms. The van der Waals surface area contributed by atoms with Gasteiger partial charge in [-0.05, 0) is 30.8 Å². The maximum absolute atomic E-state index is 12.2. The molecule has 1 rings (SSSR count). The molecule has 2 heteroatoms. The van der Waals surface area contributed by atoms with Crippen molar-refractivity contribution in [2.45, 2.75) is 39.0 Å². The molecule has 64 valence electrons. The Kier molecular flexibility index (Phi) is 2.53. The van der Waals surface area contributed by atoms with Crippen LogP contribution in [-0.4, -0.2) is 0 Å². The van der Waals surface area contributed by atoms with Crippen molar-refractivity contribution in [3.8, 4) is 0 Å². The summed E-state index contributed by atoms with van der Waals surface area (Å²) in [7, 11) is 0. The van der Waals surface area contributed by atoms with Crippen molar-refractivity contribution in [2.75, 3.05) is 0 Å². The van der Waals surface area contributed by atoms with Gasteiger partial charge in [0.05, 0.1) is 0 Å². The summed E-state index contributed by atoms with van der Waals surface area (Å²) in [6.45, 7) is 2.21. The molecule has 0 bridgehead atoms. The van der Waals surface area contributed by atoms with Crippen molar-refractivity contribution in [3.05, 3.63) is 12.0 Å². The molecule has 0 radical (unpaired) electrons. The third kappa shape index (κ3) is 2.52. The summed E-state index contributed by atoms with van der Waals surface area (Å²) in [4.78, 5) is 0. The summed E-state index contributed by atoms with van der Waals surface area (Å²) in [5, 5.41) is 0. The first-order valence-corrected chi connectivity index (χ1v) is 4.24. The van der Waals surface area contributed by atoms with Crippen LogP contribution in [0.4, 0.5) is 4.39 Å². The Morgan fingerprint density at radius 3 is 2.55 bits per heavy atom. The highest BCUT2D eigenvalue weighted by Crippen LogP contribution is 2.40. The van der Waals surface area contributed by atoms with Gasteiger partial charge in [-0.2, -0.15) is 4.39 Å². The molecule has 0 aromatic carbocycles.